The maximum atomic E-state index is 13.2. The van der Waals surface area contributed by atoms with Gasteiger partial charge in [-0.25, -0.2) is 4.39 Å². The highest BCUT2D eigenvalue weighted by molar-refractivity contribution is 9.10. The number of ether oxygens (including phenoxy) is 1. The lowest BCUT2D eigenvalue weighted by molar-refractivity contribution is 0.482. The Balaban J connectivity index is 2.25. The van der Waals surface area contributed by atoms with Crippen LogP contribution >= 0.6 is 27.7 Å². The van der Waals surface area contributed by atoms with Gasteiger partial charge in [-0.2, -0.15) is 0 Å². The van der Waals surface area contributed by atoms with Gasteiger partial charge in [0, 0.05) is 17.0 Å². The van der Waals surface area contributed by atoms with Crippen molar-refractivity contribution in [2.24, 2.45) is 0 Å². The van der Waals surface area contributed by atoms with Crippen LogP contribution in [0.15, 0.2) is 45.8 Å². The molecule has 0 aliphatic heterocycles. The number of benzene rings is 2. The Hall–Kier alpha value is -1.20. The molecule has 2 N–H and O–H groups in total. The molecule has 0 saturated heterocycles. The Morgan fingerprint density at radius 2 is 1.89 bits per heavy atom. The summed E-state index contributed by atoms with van der Waals surface area (Å²) < 4.78 is 19.2. The van der Waals surface area contributed by atoms with Crippen LogP contribution < -0.4 is 10.5 Å². The largest absolute Gasteiger partial charge is 0.455 e. The summed E-state index contributed by atoms with van der Waals surface area (Å²) >= 11 is 4.76. The van der Waals surface area contributed by atoms with Gasteiger partial charge in [-0.1, -0.05) is 0 Å². The first-order valence-corrected chi connectivity index (χ1v) is 7.18. The van der Waals surface area contributed by atoms with Gasteiger partial charge in [0.05, 0.1) is 10.2 Å². The number of nitrogen functional groups attached to an aromatic ring is 1. The predicted octanol–water partition coefficient (Wildman–Crippen LogP) is 4.68. The number of thioether (sulfide) groups is 1. The molecule has 0 atom stereocenters. The fourth-order valence-corrected chi connectivity index (χ4v) is 2.13. The Kier molecular flexibility index (Phi) is 4.14. The van der Waals surface area contributed by atoms with Gasteiger partial charge >= 0.3 is 0 Å². The molecule has 0 aromatic heterocycles. The summed E-state index contributed by atoms with van der Waals surface area (Å²) in [4.78, 5) is 1.15. The molecule has 0 radical (unpaired) electrons. The van der Waals surface area contributed by atoms with E-state index in [1.807, 2.05) is 30.5 Å². The van der Waals surface area contributed by atoms with Crippen LogP contribution in [0, 0.1) is 5.82 Å². The molecule has 0 spiro atoms. The van der Waals surface area contributed by atoms with Crippen molar-refractivity contribution in [2.45, 2.75) is 4.90 Å². The first-order chi connectivity index (χ1) is 8.60. The molecule has 0 amide bonds. The summed E-state index contributed by atoms with van der Waals surface area (Å²) in [7, 11) is 0. The van der Waals surface area contributed by atoms with Crippen molar-refractivity contribution in [3.05, 3.63) is 46.7 Å². The Morgan fingerprint density at radius 3 is 2.50 bits per heavy atom. The highest BCUT2D eigenvalue weighted by Gasteiger charge is 2.08. The average molecular weight is 328 g/mol. The van der Waals surface area contributed by atoms with E-state index in [1.54, 1.807) is 11.8 Å². The number of rotatable bonds is 3. The van der Waals surface area contributed by atoms with Crippen LogP contribution in [-0.4, -0.2) is 6.26 Å². The van der Waals surface area contributed by atoms with Crippen molar-refractivity contribution >= 4 is 33.4 Å². The number of hydrogen-bond donors (Lipinski definition) is 1. The van der Waals surface area contributed by atoms with Gasteiger partial charge in [0.25, 0.3) is 0 Å². The van der Waals surface area contributed by atoms with Gasteiger partial charge < -0.3 is 10.5 Å². The molecule has 0 unspecified atom stereocenters. The maximum absolute atomic E-state index is 13.2. The van der Waals surface area contributed by atoms with E-state index in [0.29, 0.717) is 16.0 Å². The zero-order valence-electron chi connectivity index (χ0n) is 9.61. The predicted molar refractivity (Wildman–Crippen MR) is 76.8 cm³/mol. The lowest BCUT2D eigenvalue weighted by Gasteiger charge is -2.09. The topological polar surface area (TPSA) is 35.2 Å². The highest BCUT2D eigenvalue weighted by Crippen LogP contribution is 2.32. The molecule has 0 aliphatic carbocycles. The maximum Gasteiger partial charge on any atom is 0.151 e. The molecule has 2 nitrogen and oxygen atoms in total. The molecule has 5 heteroatoms. The molecule has 0 heterocycles. The first-order valence-electron chi connectivity index (χ1n) is 5.16. The molecule has 94 valence electrons. The third-order valence-corrected chi connectivity index (χ3v) is 3.69. The van der Waals surface area contributed by atoms with Crippen LogP contribution in [-0.2, 0) is 0 Å². The van der Waals surface area contributed by atoms with Crippen LogP contribution in [0.5, 0.6) is 11.5 Å². The van der Waals surface area contributed by atoms with Crippen molar-refractivity contribution in [3.8, 4) is 11.5 Å². The standard InChI is InChI=1S/C13H11BrFNOS/c1-18-9-4-2-8(3-5-9)17-13-6-10(14)11(15)7-12(13)16/h2-7H,16H2,1H3. The number of halogens is 2. The highest BCUT2D eigenvalue weighted by atomic mass is 79.9. The lowest BCUT2D eigenvalue weighted by atomic mass is 10.3. The zero-order valence-corrected chi connectivity index (χ0v) is 12.0. The fraction of sp³-hybridized carbons (Fsp3) is 0.0769. The van der Waals surface area contributed by atoms with Crippen molar-refractivity contribution in [1.29, 1.82) is 0 Å². The van der Waals surface area contributed by atoms with Crippen molar-refractivity contribution < 1.29 is 9.13 Å². The zero-order chi connectivity index (χ0) is 13.1. The second-order valence-corrected chi connectivity index (χ2v) is 5.32. The number of hydrogen-bond acceptors (Lipinski definition) is 3. The van der Waals surface area contributed by atoms with E-state index in [4.69, 9.17) is 10.5 Å². The summed E-state index contributed by atoms with van der Waals surface area (Å²) in [6, 6.07) is 10.4. The van der Waals surface area contributed by atoms with Crippen LogP contribution in [0.25, 0.3) is 0 Å². The summed E-state index contributed by atoms with van der Waals surface area (Å²) in [6.07, 6.45) is 2.00. The minimum absolute atomic E-state index is 0.268. The molecular weight excluding hydrogens is 317 g/mol. The molecule has 2 rings (SSSR count). The van der Waals surface area contributed by atoms with Crippen LogP contribution in [0.1, 0.15) is 0 Å². The van der Waals surface area contributed by atoms with E-state index in [-0.39, 0.29) is 5.69 Å². The Morgan fingerprint density at radius 1 is 1.22 bits per heavy atom. The van der Waals surface area contributed by atoms with E-state index in [9.17, 15) is 4.39 Å². The van der Waals surface area contributed by atoms with Gasteiger partial charge in [0.2, 0.25) is 0 Å². The van der Waals surface area contributed by atoms with Gasteiger partial charge in [-0.05, 0) is 46.5 Å². The monoisotopic (exact) mass is 327 g/mol. The van der Waals surface area contributed by atoms with Crippen LogP contribution in [0.4, 0.5) is 10.1 Å². The third-order valence-electron chi connectivity index (χ3n) is 2.34. The van der Waals surface area contributed by atoms with E-state index < -0.39 is 5.82 Å². The SMILES string of the molecule is CSc1ccc(Oc2cc(Br)c(F)cc2N)cc1. The second-order valence-electron chi connectivity index (χ2n) is 3.58. The van der Waals surface area contributed by atoms with Crippen LogP contribution in [0.3, 0.4) is 0 Å². The van der Waals surface area contributed by atoms with Crippen LogP contribution in [0.2, 0.25) is 0 Å². The average Bonchev–Trinajstić information content (AvgIpc) is 2.37. The van der Waals surface area contributed by atoms with Crippen molar-refractivity contribution in [2.75, 3.05) is 12.0 Å². The molecule has 18 heavy (non-hydrogen) atoms. The normalized spacial score (nSPS) is 10.4. The van der Waals surface area contributed by atoms with E-state index in [0.717, 1.165) is 4.90 Å². The summed E-state index contributed by atoms with van der Waals surface area (Å²) in [5.74, 6) is 0.691. The second kappa shape index (κ2) is 5.63. The Labute approximate surface area is 117 Å². The van der Waals surface area contributed by atoms with Crippen molar-refractivity contribution in [3.63, 3.8) is 0 Å². The van der Waals surface area contributed by atoms with Gasteiger partial charge in [-0.3, -0.25) is 0 Å². The van der Waals surface area contributed by atoms with E-state index in [2.05, 4.69) is 15.9 Å². The lowest BCUT2D eigenvalue weighted by Crippen LogP contribution is -1.94. The third kappa shape index (κ3) is 2.97. The molecule has 0 fully saturated rings. The number of anilines is 1. The molecule has 0 aliphatic rings. The minimum atomic E-state index is -0.405. The summed E-state index contributed by atoms with van der Waals surface area (Å²) in [6.45, 7) is 0. The first kappa shape index (κ1) is 13.2. The quantitative estimate of drug-likeness (QED) is 0.656. The van der Waals surface area contributed by atoms with Gasteiger partial charge in [0.15, 0.2) is 5.75 Å². The van der Waals surface area contributed by atoms with Crippen molar-refractivity contribution in [1.82, 2.24) is 0 Å². The minimum Gasteiger partial charge on any atom is -0.455 e. The molecule has 0 bridgehead atoms. The van der Waals surface area contributed by atoms with E-state index >= 15 is 0 Å². The fourth-order valence-electron chi connectivity index (χ4n) is 1.40. The van der Waals surface area contributed by atoms with Gasteiger partial charge in [-0.15, -0.1) is 11.8 Å². The molecule has 2 aromatic rings. The number of nitrogens with two attached hydrogens (primary N) is 1. The smallest absolute Gasteiger partial charge is 0.151 e. The molecule has 0 saturated carbocycles. The van der Waals surface area contributed by atoms with Gasteiger partial charge in [0.1, 0.15) is 11.6 Å². The molecular formula is C13H11BrFNOS. The Bertz CT molecular complexity index is 560. The summed E-state index contributed by atoms with van der Waals surface area (Å²) in [5.41, 5.74) is 5.97. The summed E-state index contributed by atoms with van der Waals surface area (Å²) in [5, 5.41) is 0. The molecule has 2 aromatic carbocycles. The van der Waals surface area contributed by atoms with E-state index in [1.165, 1.54) is 12.1 Å².